The molecule has 0 fully saturated rings. The van der Waals surface area contributed by atoms with E-state index >= 15 is 0 Å². The average molecular weight is 266 g/mol. The van der Waals surface area contributed by atoms with Crippen LogP contribution in [0.15, 0.2) is 24.3 Å². The molecule has 15 heavy (non-hydrogen) atoms. The van der Waals surface area contributed by atoms with Crippen molar-refractivity contribution in [3.8, 4) is 0 Å². The molecule has 1 unspecified atom stereocenters. The minimum absolute atomic E-state index is 0.106. The Morgan fingerprint density at radius 1 is 1.13 bits per heavy atom. The molecule has 0 aliphatic carbocycles. The van der Waals surface area contributed by atoms with Gasteiger partial charge in [-0.15, -0.1) is 0 Å². The third-order valence-electron chi connectivity index (χ3n) is 1.91. The molecule has 0 aliphatic heterocycles. The molecule has 0 amide bonds. The van der Waals surface area contributed by atoms with Crippen molar-refractivity contribution in [2.75, 3.05) is 0 Å². The monoisotopic (exact) mass is 264 g/mol. The number of hydrogen-bond acceptors (Lipinski definition) is 2. The highest BCUT2D eigenvalue weighted by atomic mass is 35.5. The second kappa shape index (κ2) is 5.50. The van der Waals surface area contributed by atoms with Crippen molar-refractivity contribution in [1.29, 1.82) is 0 Å². The van der Waals surface area contributed by atoms with E-state index < -0.39 is 16.4 Å². The molecule has 1 aromatic carbocycles. The summed E-state index contributed by atoms with van der Waals surface area (Å²) >= 11 is 16.3. The Morgan fingerprint density at radius 2 is 1.67 bits per heavy atom. The van der Waals surface area contributed by atoms with Crippen LogP contribution in [0.5, 0.6) is 0 Å². The molecule has 2 nitrogen and oxygen atoms in total. The van der Waals surface area contributed by atoms with Crippen LogP contribution in [-0.4, -0.2) is 10.5 Å². The van der Waals surface area contributed by atoms with Crippen LogP contribution < -0.4 is 0 Å². The fourth-order valence-corrected chi connectivity index (χ4v) is 1.67. The molecule has 0 saturated heterocycles. The number of hydrogen-bond donors (Lipinski definition) is 0. The van der Waals surface area contributed by atoms with Gasteiger partial charge in [0.25, 0.3) is 0 Å². The van der Waals surface area contributed by atoms with Crippen molar-refractivity contribution in [3.05, 3.63) is 34.9 Å². The quantitative estimate of drug-likeness (QED) is 0.783. The highest BCUT2D eigenvalue weighted by Gasteiger charge is 2.21. The van der Waals surface area contributed by atoms with Crippen molar-refractivity contribution in [3.63, 3.8) is 0 Å². The van der Waals surface area contributed by atoms with Gasteiger partial charge in [0.05, 0.1) is 5.92 Å². The van der Waals surface area contributed by atoms with E-state index in [4.69, 9.17) is 34.8 Å². The van der Waals surface area contributed by atoms with Gasteiger partial charge in [-0.3, -0.25) is 9.59 Å². The van der Waals surface area contributed by atoms with Gasteiger partial charge in [-0.25, -0.2) is 0 Å². The van der Waals surface area contributed by atoms with Crippen LogP contribution in [0, 0.1) is 0 Å². The number of halogens is 3. The molecule has 80 valence electrons. The summed E-state index contributed by atoms with van der Waals surface area (Å²) in [6, 6.07) is 6.55. The normalized spacial score (nSPS) is 12.2. The lowest BCUT2D eigenvalue weighted by atomic mass is 9.98. The van der Waals surface area contributed by atoms with Gasteiger partial charge in [0.1, 0.15) is 0 Å². The summed E-state index contributed by atoms with van der Waals surface area (Å²) in [4.78, 5) is 21.8. The molecule has 0 bridgehead atoms. The Morgan fingerprint density at radius 3 is 2.07 bits per heavy atom. The lowest BCUT2D eigenvalue weighted by molar-refractivity contribution is -0.117. The van der Waals surface area contributed by atoms with Crippen LogP contribution in [0.4, 0.5) is 0 Å². The Bertz CT molecular complexity index is 373. The second-order valence-electron chi connectivity index (χ2n) is 2.97. The minimum atomic E-state index is -0.700. The largest absolute Gasteiger partial charge is 0.281 e. The number of carbonyl (C=O) groups excluding carboxylic acids is 2. The Kier molecular flexibility index (Phi) is 4.58. The molecule has 0 heterocycles. The van der Waals surface area contributed by atoms with E-state index in [1.165, 1.54) is 0 Å². The number of benzene rings is 1. The standard InChI is InChI=1S/C10H7Cl3O2/c11-7-3-1-6(2-4-7)8(10(13)15)5-9(12)14/h1-4,8H,5H2. The molecular weight excluding hydrogens is 258 g/mol. The van der Waals surface area contributed by atoms with E-state index in [2.05, 4.69) is 0 Å². The van der Waals surface area contributed by atoms with Gasteiger partial charge in [-0.2, -0.15) is 0 Å². The number of carbonyl (C=O) groups is 2. The first-order chi connectivity index (χ1) is 7.00. The lowest BCUT2D eigenvalue weighted by Crippen LogP contribution is -2.09. The van der Waals surface area contributed by atoms with Crippen molar-refractivity contribution in [2.45, 2.75) is 12.3 Å². The van der Waals surface area contributed by atoms with Gasteiger partial charge < -0.3 is 0 Å². The van der Waals surface area contributed by atoms with Gasteiger partial charge in [0, 0.05) is 11.4 Å². The van der Waals surface area contributed by atoms with Crippen molar-refractivity contribution < 1.29 is 9.59 Å². The topological polar surface area (TPSA) is 34.1 Å². The molecule has 1 aromatic rings. The predicted molar refractivity (Wildman–Crippen MR) is 60.5 cm³/mol. The first-order valence-corrected chi connectivity index (χ1v) is 5.27. The van der Waals surface area contributed by atoms with Crippen molar-refractivity contribution in [2.24, 2.45) is 0 Å². The Labute approximate surface area is 102 Å². The van der Waals surface area contributed by atoms with Gasteiger partial charge in [-0.05, 0) is 40.9 Å². The molecule has 0 saturated carbocycles. The maximum Gasteiger partial charge on any atom is 0.229 e. The smallest absolute Gasteiger partial charge is 0.229 e. The Hall–Kier alpha value is -0.570. The maximum absolute atomic E-state index is 11.1. The summed E-state index contributed by atoms with van der Waals surface area (Å²) in [7, 11) is 0. The summed E-state index contributed by atoms with van der Waals surface area (Å²) in [5, 5.41) is -0.646. The summed E-state index contributed by atoms with van der Waals surface area (Å²) in [6.07, 6.45) is -0.106. The number of rotatable bonds is 4. The van der Waals surface area contributed by atoms with Crippen LogP contribution >= 0.6 is 34.8 Å². The van der Waals surface area contributed by atoms with Crippen molar-refractivity contribution in [1.82, 2.24) is 0 Å². The van der Waals surface area contributed by atoms with E-state index in [0.29, 0.717) is 10.6 Å². The second-order valence-corrected chi connectivity index (χ2v) is 4.20. The van der Waals surface area contributed by atoms with Gasteiger partial charge >= 0.3 is 0 Å². The zero-order chi connectivity index (χ0) is 11.4. The predicted octanol–water partition coefficient (Wildman–Crippen LogP) is 3.34. The van der Waals surface area contributed by atoms with E-state index in [9.17, 15) is 9.59 Å². The van der Waals surface area contributed by atoms with Gasteiger partial charge in [0.2, 0.25) is 10.5 Å². The summed E-state index contributed by atoms with van der Waals surface area (Å²) in [6.45, 7) is 0. The first kappa shape index (κ1) is 12.5. The molecule has 1 rings (SSSR count). The summed E-state index contributed by atoms with van der Waals surface area (Å²) < 4.78 is 0. The van der Waals surface area contributed by atoms with E-state index in [1.54, 1.807) is 24.3 Å². The van der Waals surface area contributed by atoms with Crippen LogP contribution in [0.25, 0.3) is 0 Å². The molecule has 0 spiro atoms. The van der Waals surface area contributed by atoms with Crippen LogP contribution in [0.2, 0.25) is 5.02 Å². The highest BCUT2D eigenvalue weighted by Crippen LogP contribution is 2.24. The first-order valence-electron chi connectivity index (χ1n) is 4.14. The molecule has 5 heteroatoms. The van der Waals surface area contributed by atoms with Crippen LogP contribution in [-0.2, 0) is 9.59 Å². The lowest BCUT2D eigenvalue weighted by Gasteiger charge is -2.10. The fourth-order valence-electron chi connectivity index (χ4n) is 1.18. The van der Waals surface area contributed by atoms with E-state index in [0.717, 1.165) is 0 Å². The molecule has 0 N–H and O–H groups in total. The Balaban J connectivity index is 2.94. The SMILES string of the molecule is O=C(Cl)CC(C(=O)Cl)c1ccc(Cl)cc1. The summed E-state index contributed by atoms with van der Waals surface area (Å²) in [5.74, 6) is -0.700. The average Bonchev–Trinajstić information content (AvgIpc) is 2.15. The van der Waals surface area contributed by atoms with Crippen LogP contribution in [0.3, 0.4) is 0 Å². The highest BCUT2D eigenvalue weighted by molar-refractivity contribution is 6.67. The third-order valence-corrected chi connectivity index (χ3v) is 2.58. The van der Waals surface area contributed by atoms with Crippen molar-refractivity contribution >= 4 is 45.3 Å². The molecule has 0 aliphatic rings. The summed E-state index contributed by atoms with van der Waals surface area (Å²) in [5.41, 5.74) is 0.633. The molecule has 0 radical (unpaired) electrons. The maximum atomic E-state index is 11.1. The molecule has 1 atom stereocenters. The van der Waals surface area contributed by atoms with Gasteiger partial charge in [-0.1, -0.05) is 23.7 Å². The zero-order valence-corrected chi connectivity index (χ0v) is 9.81. The third kappa shape index (κ3) is 3.82. The van der Waals surface area contributed by atoms with Gasteiger partial charge in [0.15, 0.2) is 0 Å². The minimum Gasteiger partial charge on any atom is -0.281 e. The van der Waals surface area contributed by atoms with Crippen LogP contribution in [0.1, 0.15) is 17.9 Å². The fraction of sp³-hybridized carbons (Fsp3) is 0.200. The zero-order valence-electron chi connectivity index (χ0n) is 7.54. The molecular formula is C10H7Cl3O2. The van der Waals surface area contributed by atoms with E-state index in [1.807, 2.05) is 0 Å². The molecule has 0 aromatic heterocycles. The van der Waals surface area contributed by atoms with E-state index in [-0.39, 0.29) is 6.42 Å².